The van der Waals surface area contributed by atoms with Crippen LogP contribution in [0.15, 0.2) is 84.9 Å². The zero-order chi connectivity index (χ0) is 14.3. The lowest BCUT2D eigenvalue weighted by Gasteiger charge is -2.09. The molecule has 0 saturated carbocycles. The van der Waals surface area contributed by atoms with Crippen LogP contribution in [0.25, 0.3) is 0 Å². The minimum absolute atomic E-state index is 0.840. The van der Waals surface area contributed by atoms with Gasteiger partial charge < -0.3 is 10.6 Å². The van der Waals surface area contributed by atoms with Crippen LogP contribution in [0.5, 0.6) is 0 Å². The van der Waals surface area contributed by atoms with Gasteiger partial charge in [0, 0.05) is 23.6 Å². The van der Waals surface area contributed by atoms with E-state index in [1.165, 1.54) is 5.56 Å². The zero-order valence-corrected chi connectivity index (χ0v) is 11.8. The van der Waals surface area contributed by atoms with Crippen molar-refractivity contribution in [3.05, 3.63) is 90.5 Å². The molecule has 3 aromatic carbocycles. The lowest BCUT2D eigenvalue weighted by Crippen LogP contribution is -1.99. The van der Waals surface area contributed by atoms with Crippen molar-refractivity contribution in [2.24, 2.45) is 0 Å². The molecule has 0 aliphatic heterocycles. The number of anilines is 3. The molecule has 0 atom stereocenters. The molecule has 0 heterocycles. The van der Waals surface area contributed by atoms with E-state index in [2.05, 4.69) is 71.3 Å². The Bertz CT molecular complexity index is 661. The third kappa shape index (κ3) is 3.86. The highest BCUT2D eigenvalue weighted by molar-refractivity contribution is 5.62. The standard InChI is InChI=1S/C19H18N2/c1-3-7-16(8-4-1)15-20-17-11-13-19(14-12-17)21-18-9-5-2-6-10-18/h1-14,20-21H,15H2. The van der Waals surface area contributed by atoms with Gasteiger partial charge >= 0.3 is 0 Å². The SMILES string of the molecule is c1ccc(CNc2ccc(Nc3ccccc3)cc2)cc1. The van der Waals surface area contributed by atoms with E-state index in [0.29, 0.717) is 0 Å². The fourth-order valence-electron chi connectivity index (χ4n) is 2.16. The molecule has 0 saturated heterocycles. The van der Waals surface area contributed by atoms with Crippen LogP contribution in [-0.4, -0.2) is 0 Å². The summed E-state index contributed by atoms with van der Waals surface area (Å²) in [7, 11) is 0. The van der Waals surface area contributed by atoms with Crippen LogP contribution in [-0.2, 0) is 6.54 Å². The van der Waals surface area contributed by atoms with Crippen LogP contribution in [0, 0.1) is 0 Å². The number of nitrogens with one attached hydrogen (secondary N) is 2. The van der Waals surface area contributed by atoms with Gasteiger partial charge in [-0.15, -0.1) is 0 Å². The van der Waals surface area contributed by atoms with Gasteiger partial charge in [0.1, 0.15) is 0 Å². The summed E-state index contributed by atoms with van der Waals surface area (Å²) >= 11 is 0. The van der Waals surface area contributed by atoms with E-state index in [1.54, 1.807) is 0 Å². The Hall–Kier alpha value is -2.74. The molecule has 0 fully saturated rings. The predicted octanol–water partition coefficient (Wildman–Crippen LogP) is 5.04. The Morgan fingerprint density at radius 2 is 1.05 bits per heavy atom. The molecular formula is C19H18N2. The monoisotopic (exact) mass is 274 g/mol. The number of hydrogen-bond acceptors (Lipinski definition) is 2. The fraction of sp³-hybridized carbons (Fsp3) is 0.0526. The molecule has 0 aliphatic rings. The zero-order valence-electron chi connectivity index (χ0n) is 11.8. The summed E-state index contributed by atoms with van der Waals surface area (Å²) in [5, 5.41) is 6.80. The second-order valence-electron chi connectivity index (χ2n) is 4.91. The third-order valence-electron chi connectivity index (χ3n) is 3.29. The van der Waals surface area contributed by atoms with E-state index in [1.807, 2.05) is 24.3 Å². The number of benzene rings is 3. The first kappa shape index (κ1) is 13.3. The molecule has 0 radical (unpaired) electrons. The van der Waals surface area contributed by atoms with E-state index >= 15 is 0 Å². The van der Waals surface area contributed by atoms with E-state index in [0.717, 1.165) is 23.6 Å². The maximum atomic E-state index is 3.42. The Kier molecular flexibility index (Phi) is 4.18. The molecule has 3 aromatic rings. The van der Waals surface area contributed by atoms with Gasteiger partial charge in [-0.25, -0.2) is 0 Å². The fourth-order valence-corrected chi connectivity index (χ4v) is 2.16. The van der Waals surface area contributed by atoms with Crippen molar-refractivity contribution >= 4 is 17.1 Å². The molecule has 0 unspecified atom stereocenters. The van der Waals surface area contributed by atoms with Gasteiger partial charge in [-0.1, -0.05) is 48.5 Å². The smallest absolute Gasteiger partial charge is 0.0400 e. The second-order valence-corrected chi connectivity index (χ2v) is 4.91. The van der Waals surface area contributed by atoms with E-state index in [9.17, 15) is 0 Å². The minimum atomic E-state index is 0.840. The Labute approximate surface area is 125 Å². The average Bonchev–Trinajstić information content (AvgIpc) is 2.56. The van der Waals surface area contributed by atoms with Crippen molar-refractivity contribution in [1.82, 2.24) is 0 Å². The van der Waals surface area contributed by atoms with Crippen molar-refractivity contribution in [3.8, 4) is 0 Å². The van der Waals surface area contributed by atoms with E-state index in [4.69, 9.17) is 0 Å². The van der Waals surface area contributed by atoms with Crippen LogP contribution in [0.2, 0.25) is 0 Å². The van der Waals surface area contributed by atoms with Crippen molar-refractivity contribution in [1.29, 1.82) is 0 Å². The highest BCUT2D eigenvalue weighted by Gasteiger charge is 1.96. The molecule has 0 bridgehead atoms. The quantitative estimate of drug-likeness (QED) is 0.681. The summed E-state index contributed by atoms with van der Waals surface area (Å²) in [6.45, 7) is 0.840. The minimum Gasteiger partial charge on any atom is -0.381 e. The molecule has 0 spiro atoms. The van der Waals surface area contributed by atoms with Gasteiger partial charge in [0.2, 0.25) is 0 Å². The lowest BCUT2D eigenvalue weighted by atomic mass is 10.2. The van der Waals surface area contributed by atoms with Crippen LogP contribution in [0.4, 0.5) is 17.1 Å². The van der Waals surface area contributed by atoms with Crippen molar-refractivity contribution in [3.63, 3.8) is 0 Å². The molecular weight excluding hydrogens is 256 g/mol. The third-order valence-corrected chi connectivity index (χ3v) is 3.29. The van der Waals surface area contributed by atoms with E-state index < -0.39 is 0 Å². The average molecular weight is 274 g/mol. The Balaban J connectivity index is 1.59. The molecule has 0 aliphatic carbocycles. The highest BCUT2D eigenvalue weighted by Crippen LogP contribution is 2.19. The Morgan fingerprint density at radius 3 is 1.71 bits per heavy atom. The van der Waals surface area contributed by atoms with Crippen LogP contribution < -0.4 is 10.6 Å². The molecule has 104 valence electrons. The first-order chi connectivity index (χ1) is 10.4. The van der Waals surface area contributed by atoms with Crippen LogP contribution in [0.3, 0.4) is 0 Å². The highest BCUT2D eigenvalue weighted by atomic mass is 14.9. The topological polar surface area (TPSA) is 24.1 Å². The maximum absolute atomic E-state index is 3.42. The summed E-state index contributed by atoms with van der Waals surface area (Å²) < 4.78 is 0. The molecule has 2 N–H and O–H groups in total. The van der Waals surface area contributed by atoms with Gasteiger partial charge in [0.05, 0.1) is 0 Å². The Morgan fingerprint density at radius 1 is 0.524 bits per heavy atom. The van der Waals surface area contributed by atoms with E-state index in [-0.39, 0.29) is 0 Å². The maximum Gasteiger partial charge on any atom is 0.0400 e. The number of hydrogen-bond donors (Lipinski definition) is 2. The lowest BCUT2D eigenvalue weighted by molar-refractivity contribution is 1.15. The molecule has 2 heteroatoms. The molecule has 3 rings (SSSR count). The summed E-state index contributed by atoms with van der Waals surface area (Å²) in [5.74, 6) is 0. The molecule has 0 aromatic heterocycles. The van der Waals surface area contributed by atoms with Gasteiger partial charge in [0.15, 0.2) is 0 Å². The normalized spacial score (nSPS) is 10.1. The predicted molar refractivity (Wildman–Crippen MR) is 89.9 cm³/mol. The van der Waals surface area contributed by atoms with Crippen molar-refractivity contribution < 1.29 is 0 Å². The first-order valence-corrected chi connectivity index (χ1v) is 7.10. The molecule has 21 heavy (non-hydrogen) atoms. The van der Waals surface area contributed by atoms with Gasteiger partial charge in [0.25, 0.3) is 0 Å². The van der Waals surface area contributed by atoms with Crippen molar-refractivity contribution in [2.75, 3.05) is 10.6 Å². The van der Waals surface area contributed by atoms with Gasteiger partial charge in [-0.05, 0) is 42.0 Å². The van der Waals surface area contributed by atoms with Gasteiger partial charge in [-0.2, -0.15) is 0 Å². The summed E-state index contributed by atoms with van der Waals surface area (Å²) in [4.78, 5) is 0. The number of rotatable bonds is 5. The summed E-state index contributed by atoms with van der Waals surface area (Å²) in [6, 6.07) is 28.9. The second kappa shape index (κ2) is 6.62. The number of para-hydroxylation sites is 1. The summed E-state index contributed by atoms with van der Waals surface area (Å²) in [5.41, 5.74) is 4.59. The van der Waals surface area contributed by atoms with Crippen LogP contribution in [0.1, 0.15) is 5.56 Å². The van der Waals surface area contributed by atoms with Gasteiger partial charge in [-0.3, -0.25) is 0 Å². The first-order valence-electron chi connectivity index (χ1n) is 7.10. The largest absolute Gasteiger partial charge is 0.381 e. The van der Waals surface area contributed by atoms with Crippen molar-refractivity contribution in [2.45, 2.75) is 6.54 Å². The molecule has 2 nitrogen and oxygen atoms in total. The molecule has 0 amide bonds. The van der Waals surface area contributed by atoms with Crippen LogP contribution >= 0.6 is 0 Å². The summed E-state index contributed by atoms with van der Waals surface area (Å²) in [6.07, 6.45) is 0.